The molecule has 0 bridgehead atoms. The first-order chi connectivity index (χ1) is 12.7. The average molecular weight is 402 g/mol. The van der Waals surface area contributed by atoms with Gasteiger partial charge in [-0.1, -0.05) is 6.07 Å². The van der Waals surface area contributed by atoms with Gasteiger partial charge in [0.1, 0.15) is 5.76 Å². The summed E-state index contributed by atoms with van der Waals surface area (Å²) < 4.78 is 76.6. The van der Waals surface area contributed by atoms with E-state index in [-0.39, 0.29) is 23.9 Å². The van der Waals surface area contributed by atoms with E-state index in [1.165, 1.54) is 6.07 Å². The number of halogens is 3. The van der Waals surface area contributed by atoms with Crippen LogP contribution in [0.2, 0.25) is 0 Å². The molecule has 1 aromatic heterocycles. The number of hydrogen-bond donors (Lipinski definition) is 0. The van der Waals surface area contributed by atoms with E-state index >= 15 is 0 Å². The number of oxazole rings is 1. The SMILES string of the molecule is O=S(=O)(c1cccc(C(F)(F)F)c1)N1CCc2oc(C3CCOC3)nc2C1. The van der Waals surface area contributed by atoms with Gasteiger partial charge in [-0.25, -0.2) is 13.4 Å². The second-order valence-corrected chi connectivity index (χ2v) is 8.53. The maximum Gasteiger partial charge on any atom is 0.416 e. The fourth-order valence-electron chi connectivity index (χ4n) is 3.29. The lowest BCUT2D eigenvalue weighted by Gasteiger charge is -2.25. The van der Waals surface area contributed by atoms with Crippen LogP contribution in [-0.4, -0.2) is 37.5 Å². The molecule has 0 aliphatic carbocycles. The zero-order valence-corrected chi connectivity index (χ0v) is 15.0. The Morgan fingerprint density at radius 2 is 2.07 bits per heavy atom. The number of ether oxygens (including phenoxy) is 1. The fourth-order valence-corrected chi connectivity index (χ4v) is 4.73. The van der Waals surface area contributed by atoms with E-state index < -0.39 is 21.8 Å². The fraction of sp³-hybridized carbons (Fsp3) is 0.471. The minimum absolute atomic E-state index is 0.0228. The Balaban J connectivity index is 1.59. The van der Waals surface area contributed by atoms with Crippen molar-refractivity contribution in [3.63, 3.8) is 0 Å². The predicted octanol–water partition coefficient (Wildman–Crippen LogP) is 2.94. The molecule has 1 unspecified atom stereocenters. The number of sulfonamides is 1. The highest BCUT2D eigenvalue weighted by molar-refractivity contribution is 7.89. The van der Waals surface area contributed by atoms with Crippen molar-refractivity contribution in [1.29, 1.82) is 0 Å². The molecule has 0 saturated carbocycles. The van der Waals surface area contributed by atoms with Gasteiger partial charge in [-0.15, -0.1) is 0 Å². The second kappa shape index (κ2) is 6.61. The largest absolute Gasteiger partial charge is 0.445 e. The van der Waals surface area contributed by atoms with Crippen LogP contribution in [-0.2, 0) is 33.9 Å². The third-order valence-corrected chi connectivity index (χ3v) is 6.63. The van der Waals surface area contributed by atoms with Gasteiger partial charge in [0.05, 0.1) is 35.2 Å². The third kappa shape index (κ3) is 3.48. The summed E-state index contributed by atoms with van der Waals surface area (Å²) in [5.74, 6) is 1.23. The summed E-state index contributed by atoms with van der Waals surface area (Å²) in [4.78, 5) is 4.03. The molecule has 1 atom stereocenters. The molecule has 4 rings (SSSR count). The summed E-state index contributed by atoms with van der Waals surface area (Å²) >= 11 is 0. The van der Waals surface area contributed by atoms with Crippen molar-refractivity contribution in [3.8, 4) is 0 Å². The van der Waals surface area contributed by atoms with E-state index in [0.717, 1.165) is 22.9 Å². The summed E-state index contributed by atoms with van der Waals surface area (Å²) in [7, 11) is -4.07. The molecule has 0 spiro atoms. The van der Waals surface area contributed by atoms with Crippen molar-refractivity contribution in [3.05, 3.63) is 47.2 Å². The topological polar surface area (TPSA) is 72.6 Å². The molecular formula is C17H17F3N2O4S. The van der Waals surface area contributed by atoms with Gasteiger partial charge in [0.25, 0.3) is 0 Å². The maximum absolute atomic E-state index is 12.9. The summed E-state index contributed by atoms with van der Waals surface area (Å²) in [5.41, 5.74) is -0.482. The van der Waals surface area contributed by atoms with Gasteiger partial charge in [0.2, 0.25) is 10.0 Å². The quantitative estimate of drug-likeness (QED) is 0.789. The van der Waals surface area contributed by atoms with Crippen LogP contribution in [0.4, 0.5) is 13.2 Å². The zero-order chi connectivity index (χ0) is 19.2. The van der Waals surface area contributed by atoms with Gasteiger partial charge in [-0.3, -0.25) is 0 Å². The van der Waals surface area contributed by atoms with Crippen LogP contribution in [0.1, 0.15) is 35.2 Å². The van der Waals surface area contributed by atoms with Gasteiger partial charge in [-0.2, -0.15) is 17.5 Å². The Labute approximate surface area is 154 Å². The first-order valence-corrected chi connectivity index (χ1v) is 9.93. The van der Waals surface area contributed by atoms with Crippen molar-refractivity contribution in [2.75, 3.05) is 19.8 Å². The monoisotopic (exact) mass is 402 g/mol. The zero-order valence-electron chi connectivity index (χ0n) is 14.2. The summed E-state index contributed by atoms with van der Waals surface area (Å²) in [6.45, 7) is 1.26. The first-order valence-electron chi connectivity index (χ1n) is 8.49. The first kappa shape index (κ1) is 18.5. The van der Waals surface area contributed by atoms with Crippen molar-refractivity contribution in [2.24, 2.45) is 0 Å². The summed E-state index contributed by atoms with van der Waals surface area (Å²) in [6.07, 6.45) is -3.48. The molecule has 6 nitrogen and oxygen atoms in total. The lowest BCUT2D eigenvalue weighted by atomic mass is 10.1. The third-order valence-electron chi connectivity index (χ3n) is 4.79. The van der Waals surface area contributed by atoms with Crippen LogP contribution in [0.15, 0.2) is 33.6 Å². The molecule has 2 aliphatic heterocycles. The van der Waals surface area contributed by atoms with Crippen LogP contribution >= 0.6 is 0 Å². The normalized spacial score (nSPS) is 21.4. The van der Waals surface area contributed by atoms with E-state index in [9.17, 15) is 21.6 Å². The van der Waals surface area contributed by atoms with Gasteiger partial charge in [0, 0.05) is 19.6 Å². The molecule has 3 heterocycles. The van der Waals surface area contributed by atoms with Crippen molar-refractivity contribution < 1.29 is 30.7 Å². The minimum Gasteiger partial charge on any atom is -0.445 e. The van der Waals surface area contributed by atoms with Crippen LogP contribution in [0, 0.1) is 0 Å². The van der Waals surface area contributed by atoms with Crippen molar-refractivity contribution in [1.82, 2.24) is 9.29 Å². The van der Waals surface area contributed by atoms with Gasteiger partial charge >= 0.3 is 6.18 Å². The Kier molecular flexibility index (Phi) is 4.52. The number of rotatable bonds is 3. The lowest BCUT2D eigenvalue weighted by Crippen LogP contribution is -2.36. The Morgan fingerprint density at radius 1 is 1.26 bits per heavy atom. The van der Waals surface area contributed by atoms with E-state index in [1.54, 1.807) is 0 Å². The maximum atomic E-state index is 12.9. The molecule has 2 aliphatic rings. The average Bonchev–Trinajstić information content (AvgIpc) is 3.29. The minimum atomic E-state index is -4.61. The van der Waals surface area contributed by atoms with E-state index in [0.29, 0.717) is 43.0 Å². The summed E-state index contributed by atoms with van der Waals surface area (Å²) in [5, 5.41) is 0. The molecule has 10 heteroatoms. The van der Waals surface area contributed by atoms with Crippen LogP contribution in [0.3, 0.4) is 0 Å². The smallest absolute Gasteiger partial charge is 0.416 e. The van der Waals surface area contributed by atoms with Crippen molar-refractivity contribution >= 4 is 10.0 Å². The Bertz CT molecular complexity index is 949. The number of aromatic nitrogens is 1. The van der Waals surface area contributed by atoms with Gasteiger partial charge in [0.15, 0.2) is 5.89 Å². The molecule has 0 radical (unpaired) electrons. The predicted molar refractivity (Wildman–Crippen MR) is 87.4 cm³/mol. The van der Waals surface area contributed by atoms with Crippen LogP contribution in [0.25, 0.3) is 0 Å². The molecule has 0 amide bonds. The summed E-state index contributed by atoms with van der Waals surface area (Å²) in [6, 6.07) is 3.78. The molecular weight excluding hydrogens is 385 g/mol. The highest BCUT2D eigenvalue weighted by Crippen LogP contribution is 2.33. The van der Waals surface area contributed by atoms with E-state index in [1.807, 2.05) is 0 Å². The van der Waals surface area contributed by atoms with Gasteiger partial charge in [-0.05, 0) is 24.6 Å². The molecule has 1 fully saturated rings. The van der Waals surface area contributed by atoms with E-state index in [4.69, 9.17) is 9.15 Å². The molecule has 146 valence electrons. The number of fused-ring (bicyclic) bond motifs is 1. The highest BCUT2D eigenvalue weighted by atomic mass is 32.2. The molecule has 0 N–H and O–H groups in total. The highest BCUT2D eigenvalue weighted by Gasteiger charge is 2.35. The Hall–Kier alpha value is -1.91. The van der Waals surface area contributed by atoms with Gasteiger partial charge < -0.3 is 9.15 Å². The number of benzene rings is 1. The number of alkyl halides is 3. The standard InChI is InChI=1S/C17H17F3N2O4S/c18-17(19,20)12-2-1-3-13(8-12)27(23,24)22-6-4-15-14(9-22)21-16(26-15)11-5-7-25-10-11/h1-3,8,11H,4-7,9-10H2. The van der Waals surface area contributed by atoms with E-state index in [2.05, 4.69) is 4.98 Å². The van der Waals surface area contributed by atoms with Crippen LogP contribution in [0.5, 0.6) is 0 Å². The molecule has 1 aromatic carbocycles. The lowest BCUT2D eigenvalue weighted by molar-refractivity contribution is -0.137. The van der Waals surface area contributed by atoms with Crippen molar-refractivity contribution in [2.45, 2.75) is 36.4 Å². The molecule has 1 saturated heterocycles. The van der Waals surface area contributed by atoms with Crippen LogP contribution < -0.4 is 0 Å². The molecule has 27 heavy (non-hydrogen) atoms. The Morgan fingerprint density at radius 3 is 2.78 bits per heavy atom. The number of hydrogen-bond acceptors (Lipinski definition) is 5. The number of nitrogens with zero attached hydrogens (tertiary/aromatic N) is 2. The molecule has 2 aromatic rings. The second-order valence-electron chi connectivity index (χ2n) is 6.60.